The Morgan fingerprint density at radius 1 is 1.19 bits per heavy atom. The number of esters is 1. The first-order chi connectivity index (χ1) is 13.0. The first-order valence-corrected chi connectivity index (χ1v) is 8.98. The zero-order chi connectivity index (χ0) is 19.4. The molecule has 1 unspecified atom stereocenters. The van der Waals surface area contributed by atoms with Crippen LogP contribution in [-0.2, 0) is 9.53 Å². The molecule has 1 amide bonds. The van der Waals surface area contributed by atoms with Gasteiger partial charge in [-0.05, 0) is 38.5 Å². The van der Waals surface area contributed by atoms with Crippen LogP contribution < -0.4 is 21.2 Å². The number of ether oxygens (including phenoxy) is 1. The maximum Gasteiger partial charge on any atom is 0.325 e. The van der Waals surface area contributed by atoms with Crippen molar-refractivity contribution in [3.05, 3.63) is 69.7 Å². The highest BCUT2D eigenvalue weighted by molar-refractivity contribution is 5.98. The number of carbonyl (C=O) groups is 2. The predicted octanol–water partition coefficient (Wildman–Crippen LogP) is 1.01. The Bertz CT molecular complexity index is 998. The summed E-state index contributed by atoms with van der Waals surface area (Å²) in [4.78, 5) is 28.7. The SMILES string of the molecule is CCOC(=O)CNC(=O)c1cccc(C2=c3ccccc3=NC(C)N2)c1C. The van der Waals surface area contributed by atoms with Gasteiger partial charge in [0, 0.05) is 16.3 Å². The molecule has 0 radical (unpaired) electrons. The fourth-order valence-corrected chi connectivity index (χ4v) is 3.16. The van der Waals surface area contributed by atoms with Crippen LogP contribution in [0.2, 0.25) is 0 Å². The number of hydrogen-bond donors (Lipinski definition) is 2. The Morgan fingerprint density at radius 3 is 2.74 bits per heavy atom. The summed E-state index contributed by atoms with van der Waals surface area (Å²) in [7, 11) is 0. The molecule has 3 rings (SSSR count). The van der Waals surface area contributed by atoms with Crippen molar-refractivity contribution in [3.8, 4) is 0 Å². The van der Waals surface area contributed by atoms with Crippen molar-refractivity contribution in [2.45, 2.75) is 26.9 Å². The monoisotopic (exact) mass is 365 g/mol. The number of fused-ring (bicyclic) bond motifs is 1. The summed E-state index contributed by atoms with van der Waals surface area (Å²) in [5, 5.41) is 7.96. The van der Waals surface area contributed by atoms with Gasteiger partial charge in [-0.25, -0.2) is 0 Å². The number of carbonyl (C=O) groups excluding carboxylic acids is 2. The van der Waals surface area contributed by atoms with Gasteiger partial charge in [-0.3, -0.25) is 14.6 Å². The molecule has 0 bridgehead atoms. The van der Waals surface area contributed by atoms with Gasteiger partial charge in [-0.2, -0.15) is 0 Å². The van der Waals surface area contributed by atoms with E-state index in [9.17, 15) is 9.59 Å². The van der Waals surface area contributed by atoms with Crippen LogP contribution in [0.1, 0.15) is 35.3 Å². The molecule has 1 atom stereocenters. The quantitative estimate of drug-likeness (QED) is 0.775. The van der Waals surface area contributed by atoms with E-state index in [4.69, 9.17) is 4.74 Å². The van der Waals surface area contributed by atoms with E-state index in [1.807, 2.05) is 50.2 Å². The molecular formula is C21H23N3O3. The highest BCUT2D eigenvalue weighted by Gasteiger charge is 2.18. The molecule has 1 aliphatic rings. The minimum atomic E-state index is -0.452. The Balaban J connectivity index is 1.98. The van der Waals surface area contributed by atoms with Crippen molar-refractivity contribution in [2.24, 2.45) is 4.99 Å². The predicted molar refractivity (Wildman–Crippen MR) is 102 cm³/mol. The van der Waals surface area contributed by atoms with E-state index in [0.29, 0.717) is 5.56 Å². The number of benzene rings is 2. The van der Waals surface area contributed by atoms with Crippen LogP contribution in [0.25, 0.3) is 5.70 Å². The van der Waals surface area contributed by atoms with Gasteiger partial charge in [0.2, 0.25) is 0 Å². The van der Waals surface area contributed by atoms with Crippen LogP contribution in [0, 0.1) is 6.92 Å². The molecule has 2 aromatic rings. The topological polar surface area (TPSA) is 79.8 Å². The molecule has 1 heterocycles. The Hall–Kier alpha value is -3.15. The first kappa shape index (κ1) is 18.6. The molecular weight excluding hydrogens is 342 g/mol. The third-order valence-corrected chi connectivity index (χ3v) is 4.41. The standard InChI is InChI=1S/C21H23N3O3/c1-4-27-19(25)12-22-21(26)16-10-7-9-15(13(16)2)20-17-8-5-6-11-18(17)23-14(3)24-20/h5-11,14,24H,4,12H2,1-3H3,(H,22,26). The molecule has 27 heavy (non-hydrogen) atoms. The maximum absolute atomic E-state index is 12.6. The summed E-state index contributed by atoms with van der Waals surface area (Å²) in [5.74, 6) is -0.753. The van der Waals surface area contributed by atoms with E-state index >= 15 is 0 Å². The average Bonchev–Trinajstić information content (AvgIpc) is 2.66. The highest BCUT2D eigenvalue weighted by atomic mass is 16.5. The van der Waals surface area contributed by atoms with Crippen LogP contribution in [0.5, 0.6) is 0 Å². The second-order valence-corrected chi connectivity index (χ2v) is 6.31. The van der Waals surface area contributed by atoms with Gasteiger partial charge in [0.15, 0.2) is 0 Å². The lowest BCUT2D eigenvalue weighted by Gasteiger charge is -2.21. The summed E-state index contributed by atoms with van der Waals surface area (Å²) in [6, 6.07) is 13.5. The van der Waals surface area contributed by atoms with Crippen LogP contribution in [-0.4, -0.2) is 31.2 Å². The molecule has 6 nitrogen and oxygen atoms in total. The number of para-hydroxylation sites is 1. The molecule has 6 heteroatoms. The third kappa shape index (κ3) is 4.00. The zero-order valence-electron chi connectivity index (χ0n) is 15.7. The van der Waals surface area contributed by atoms with Gasteiger partial charge in [-0.15, -0.1) is 0 Å². The summed E-state index contributed by atoms with van der Waals surface area (Å²) in [5.41, 5.74) is 3.25. The average molecular weight is 365 g/mol. The lowest BCUT2D eigenvalue weighted by atomic mass is 9.97. The normalized spacial score (nSPS) is 15.2. The third-order valence-electron chi connectivity index (χ3n) is 4.41. The van der Waals surface area contributed by atoms with Gasteiger partial charge in [0.05, 0.1) is 17.7 Å². The maximum atomic E-state index is 12.6. The Morgan fingerprint density at radius 2 is 1.96 bits per heavy atom. The zero-order valence-corrected chi connectivity index (χ0v) is 15.7. The minimum Gasteiger partial charge on any atom is -0.465 e. The number of rotatable bonds is 5. The number of amides is 1. The van der Waals surface area contributed by atoms with Crippen LogP contribution >= 0.6 is 0 Å². The molecule has 1 aliphatic heterocycles. The minimum absolute atomic E-state index is 0.0596. The molecule has 0 aromatic heterocycles. The first-order valence-electron chi connectivity index (χ1n) is 8.98. The van der Waals surface area contributed by atoms with Crippen molar-refractivity contribution in [3.63, 3.8) is 0 Å². The van der Waals surface area contributed by atoms with Gasteiger partial charge >= 0.3 is 5.97 Å². The Labute approximate surface area is 158 Å². The van der Waals surface area contributed by atoms with Crippen LogP contribution in [0.4, 0.5) is 0 Å². The lowest BCUT2D eigenvalue weighted by molar-refractivity contribution is -0.141. The van der Waals surface area contributed by atoms with Crippen molar-refractivity contribution >= 4 is 17.6 Å². The summed E-state index contributed by atoms with van der Waals surface area (Å²) in [6.07, 6.45) is -0.0596. The number of nitrogens with zero attached hydrogens (tertiary/aromatic N) is 1. The molecule has 0 saturated heterocycles. The van der Waals surface area contributed by atoms with Gasteiger partial charge < -0.3 is 15.4 Å². The molecule has 0 spiro atoms. The lowest BCUT2D eigenvalue weighted by Crippen LogP contribution is -2.42. The van der Waals surface area contributed by atoms with E-state index in [2.05, 4.69) is 15.6 Å². The molecule has 2 aromatic carbocycles. The number of nitrogens with one attached hydrogen (secondary N) is 2. The van der Waals surface area contributed by atoms with Crippen LogP contribution in [0.15, 0.2) is 47.5 Å². The van der Waals surface area contributed by atoms with Crippen molar-refractivity contribution < 1.29 is 14.3 Å². The molecule has 0 fully saturated rings. The second kappa shape index (κ2) is 8.03. The van der Waals surface area contributed by atoms with Crippen molar-refractivity contribution in [1.29, 1.82) is 0 Å². The summed E-state index contributed by atoms with van der Waals surface area (Å²) < 4.78 is 4.85. The van der Waals surface area contributed by atoms with E-state index in [1.54, 1.807) is 13.0 Å². The van der Waals surface area contributed by atoms with Crippen molar-refractivity contribution in [2.75, 3.05) is 13.2 Å². The number of hydrogen-bond acceptors (Lipinski definition) is 5. The van der Waals surface area contributed by atoms with E-state index < -0.39 is 5.97 Å². The van der Waals surface area contributed by atoms with E-state index in [-0.39, 0.29) is 25.2 Å². The van der Waals surface area contributed by atoms with E-state index in [1.165, 1.54) is 0 Å². The molecule has 0 aliphatic carbocycles. The van der Waals surface area contributed by atoms with Crippen molar-refractivity contribution in [1.82, 2.24) is 10.6 Å². The molecule has 0 saturated carbocycles. The summed E-state index contributed by atoms with van der Waals surface area (Å²) >= 11 is 0. The Kier molecular flexibility index (Phi) is 5.54. The second-order valence-electron chi connectivity index (χ2n) is 6.31. The highest BCUT2D eigenvalue weighted by Crippen LogP contribution is 2.20. The van der Waals surface area contributed by atoms with E-state index in [0.717, 1.165) is 27.4 Å². The van der Waals surface area contributed by atoms with Gasteiger partial charge in [0.1, 0.15) is 12.7 Å². The fraction of sp³-hybridized carbons (Fsp3) is 0.286. The smallest absolute Gasteiger partial charge is 0.325 e. The fourth-order valence-electron chi connectivity index (χ4n) is 3.16. The largest absolute Gasteiger partial charge is 0.465 e. The molecule has 2 N–H and O–H groups in total. The van der Waals surface area contributed by atoms with Gasteiger partial charge in [-0.1, -0.05) is 30.3 Å². The molecule has 140 valence electrons. The van der Waals surface area contributed by atoms with Gasteiger partial charge in [0.25, 0.3) is 5.91 Å². The van der Waals surface area contributed by atoms with Crippen LogP contribution in [0.3, 0.4) is 0 Å². The summed E-state index contributed by atoms with van der Waals surface area (Å²) in [6.45, 7) is 5.76.